The highest BCUT2D eigenvalue weighted by molar-refractivity contribution is 6.30. The van der Waals surface area contributed by atoms with Crippen LogP contribution in [0.4, 0.5) is 5.69 Å². The maximum Gasteiger partial charge on any atom is 0.135 e. The van der Waals surface area contributed by atoms with Crippen LogP contribution in [-0.2, 0) is 0 Å². The highest BCUT2D eigenvalue weighted by Crippen LogP contribution is 2.33. The molecule has 0 saturated carbocycles. The third-order valence-electron chi connectivity index (χ3n) is 2.84. The van der Waals surface area contributed by atoms with Gasteiger partial charge in [0.1, 0.15) is 11.5 Å². The first-order valence-electron chi connectivity index (χ1n) is 5.80. The number of halogens is 1. The third kappa shape index (κ3) is 2.33. The van der Waals surface area contributed by atoms with Crippen molar-refractivity contribution in [2.24, 2.45) is 0 Å². The second kappa shape index (κ2) is 4.78. The van der Waals surface area contributed by atoms with Crippen molar-refractivity contribution >= 4 is 28.1 Å². The van der Waals surface area contributed by atoms with Crippen molar-refractivity contribution in [3.05, 3.63) is 59.9 Å². The molecular weight excluding hydrogens is 260 g/mol. The minimum atomic E-state index is 0.638. The molecule has 4 heteroatoms. The summed E-state index contributed by atoms with van der Waals surface area (Å²) >= 11 is 5.94. The topological polar surface area (TPSA) is 48.1 Å². The molecule has 0 unspecified atom stereocenters. The Morgan fingerprint density at radius 1 is 1.05 bits per heavy atom. The Morgan fingerprint density at radius 2 is 1.95 bits per heavy atom. The normalized spacial score (nSPS) is 10.6. The van der Waals surface area contributed by atoms with Gasteiger partial charge in [-0.15, -0.1) is 0 Å². The van der Waals surface area contributed by atoms with Gasteiger partial charge in [0.2, 0.25) is 0 Å². The summed E-state index contributed by atoms with van der Waals surface area (Å²) in [6, 6.07) is 12.8. The molecule has 3 aromatic rings. The Bertz CT molecular complexity index is 743. The summed E-state index contributed by atoms with van der Waals surface area (Å²) in [7, 11) is 0. The lowest BCUT2D eigenvalue weighted by atomic mass is 10.1. The van der Waals surface area contributed by atoms with Gasteiger partial charge in [0, 0.05) is 33.9 Å². The number of hydrogen-bond acceptors (Lipinski definition) is 3. The number of benzene rings is 2. The number of fused-ring (bicyclic) bond motifs is 1. The number of nitrogen functional groups attached to an aromatic ring is 1. The Hall–Kier alpha value is -2.26. The van der Waals surface area contributed by atoms with Crippen LogP contribution in [0.5, 0.6) is 11.5 Å². The number of nitrogens with two attached hydrogens (primary N) is 1. The number of nitrogens with zero attached hydrogens (tertiary/aromatic N) is 1. The van der Waals surface area contributed by atoms with Crippen molar-refractivity contribution in [3.63, 3.8) is 0 Å². The molecule has 0 aliphatic heterocycles. The van der Waals surface area contributed by atoms with Crippen LogP contribution in [0.2, 0.25) is 5.02 Å². The molecule has 2 aromatic carbocycles. The van der Waals surface area contributed by atoms with Gasteiger partial charge < -0.3 is 10.5 Å². The second-order valence-corrected chi connectivity index (χ2v) is 4.57. The molecule has 0 amide bonds. The average Bonchev–Trinajstić information content (AvgIpc) is 2.42. The van der Waals surface area contributed by atoms with E-state index < -0.39 is 0 Å². The van der Waals surface area contributed by atoms with Gasteiger partial charge in [0.05, 0.1) is 0 Å². The fourth-order valence-electron chi connectivity index (χ4n) is 1.93. The molecule has 0 saturated heterocycles. The molecule has 19 heavy (non-hydrogen) atoms. The lowest BCUT2D eigenvalue weighted by Gasteiger charge is -2.10. The number of rotatable bonds is 2. The van der Waals surface area contributed by atoms with E-state index in [4.69, 9.17) is 22.1 Å². The van der Waals surface area contributed by atoms with Crippen molar-refractivity contribution in [3.8, 4) is 11.5 Å². The quantitative estimate of drug-likeness (QED) is 0.708. The minimum Gasteiger partial charge on any atom is -0.457 e. The molecule has 3 nitrogen and oxygen atoms in total. The molecule has 1 aromatic heterocycles. The van der Waals surface area contributed by atoms with E-state index in [1.807, 2.05) is 30.3 Å². The fraction of sp³-hybridized carbons (Fsp3) is 0. The van der Waals surface area contributed by atoms with E-state index in [1.165, 1.54) is 0 Å². The summed E-state index contributed by atoms with van der Waals surface area (Å²) in [6.45, 7) is 0. The van der Waals surface area contributed by atoms with Gasteiger partial charge >= 0.3 is 0 Å². The molecule has 3 rings (SSSR count). The number of aromatic nitrogens is 1. The van der Waals surface area contributed by atoms with Gasteiger partial charge in [-0.2, -0.15) is 0 Å². The second-order valence-electron chi connectivity index (χ2n) is 4.13. The van der Waals surface area contributed by atoms with Crippen molar-refractivity contribution in [2.45, 2.75) is 0 Å². The van der Waals surface area contributed by atoms with E-state index in [1.54, 1.807) is 24.5 Å². The third-order valence-corrected chi connectivity index (χ3v) is 3.07. The molecule has 0 radical (unpaired) electrons. The predicted molar refractivity (Wildman–Crippen MR) is 77.7 cm³/mol. The van der Waals surface area contributed by atoms with Gasteiger partial charge in [-0.05, 0) is 36.4 Å². The minimum absolute atomic E-state index is 0.638. The Labute approximate surface area is 115 Å². The molecule has 0 atom stereocenters. The summed E-state index contributed by atoms with van der Waals surface area (Å²) in [6.07, 6.45) is 3.45. The fourth-order valence-corrected chi connectivity index (χ4v) is 2.11. The Morgan fingerprint density at radius 3 is 2.79 bits per heavy atom. The smallest absolute Gasteiger partial charge is 0.135 e. The first kappa shape index (κ1) is 11.8. The molecule has 0 spiro atoms. The van der Waals surface area contributed by atoms with Crippen LogP contribution in [0.15, 0.2) is 54.9 Å². The van der Waals surface area contributed by atoms with Crippen LogP contribution in [0.25, 0.3) is 10.8 Å². The van der Waals surface area contributed by atoms with Crippen molar-refractivity contribution in [2.75, 3.05) is 5.73 Å². The van der Waals surface area contributed by atoms with Crippen LogP contribution in [-0.4, -0.2) is 4.98 Å². The van der Waals surface area contributed by atoms with Crippen LogP contribution in [0.1, 0.15) is 0 Å². The van der Waals surface area contributed by atoms with Gasteiger partial charge in [0.15, 0.2) is 0 Å². The van der Waals surface area contributed by atoms with Crippen molar-refractivity contribution < 1.29 is 4.74 Å². The summed E-state index contributed by atoms with van der Waals surface area (Å²) in [5.41, 5.74) is 6.61. The number of pyridine rings is 1. The van der Waals surface area contributed by atoms with Crippen LogP contribution in [0.3, 0.4) is 0 Å². The van der Waals surface area contributed by atoms with Crippen LogP contribution in [0, 0.1) is 0 Å². The molecule has 0 aliphatic carbocycles. The van der Waals surface area contributed by atoms with Crippen LogP contribution < -0.4 is 10.5 Å². The van der Waals surface area contributed by atoms with Gasteiger partial charge in [0.25, 0.3) is 0 Å². The first-order valence-corrected chi connectivity index (χ1v) is 6.17. The maximum absolute atomic E-state index is 5.94. The summed E-state index contributed by atoms with van der Waals surface area (Å²) < 4.78 is 5.86. The molecule has 94 valence electrons. The predicted octanol–water partition coefficient (Wildman–Crippen LogP) is 4.26. The zero-order valence-electron chi connectivity index (χ0n) is 10.0. The van der Waals surface area contributed by atoms with E-state index in [-0.39, 0.29) is 0 Å². The largest absolute Gasteiger partial charge is 0.457 e. The van der Waals surface area contributed by atoms with E-state index in [9.17, 15) is 0 Å². The van der Waals surface area contributed by atoms with E-state index in [2.05, 4.69) is 4.98 Å². The highest BCUT2D eigenvalue weighted by Gasteiger charge is 2.06. The highest BCUT2D eigenvalue weighted by atomic mass is 35.5. The summed E-state index contributed by atoms with van der Waals surface area (Å²) in [4.78, 5) is 4.08. The monoisotopic (exact) mass is 270 g/mol. The Balaban J connectivity index is 2.09. The summed E-state index contributed by atoms with van der Waals surface area (Å²) in [5.74, 6) is 1.42. The SMILES string of the molecule is Nc1ccc(Oc2cccc(Cl)c2)c2ccncc12. The van der Waals surface area contributed by atoms with Gasteiger partial charge in [-0.3, -0.25) is 4.98 Å². The van der Waals surface area contributed by atoms with E-state index in [0.717, 1.165) is 16.5 Å². The summed E-state index contributed by atoms with van der Waals surface area (Å²) in [5, 5.41) is 2.44. The van der Waals surface area contributed by atoms with Gasteiger partial charge in [-0.25, -0.2) is 0 Å². The lowest BCUT2D eigenvalue weighted by Crippen LogP contribution is -1.91. The molecule has 1 heterocycles. The number of ether oxygens (including phenoxy) is 1. The zero-order valence-corrected chi connectivity index (χ0v) is 10.8. The Kier molecular flexibility index (Phi) is 2.97. The van der Waals surface area contributed by atoms with Crippen molar-refractivity contribution in [1.82, 2.24) is 4.98 Å². The molecule has 0 bridgehead atoms. The number of hydrogen-bond donors (Lipinski definition) is 1. The molecule has 0 fully saturated rings. The molecule has 2 N–H and O–H groups in total. The van der Waals surface area contributed by atoms with Crippen molar-refractivity contribution in [1.29, 1.82) is 0 Å². The molecular formula is C15H11ClN2O. The van der Waals surface area contributed by atoms with Crippen LogP contribution >= 0.6 is 11.6 Å². The zero-order chi connectivity index (χ0) is 13.2. The standard InChI is InChI=1S/C15H11ClN2O/c16-10-2-1-3-11(8-10)19-15-5-4-14(17)13-9-18-7-6-12(13)15/h1-9H,17H2. The van der Waals surface area contributed by atoms with E-state index >= 15 is 0 Å². The molecule has 0 aliphatic rings. The first-order chi connectivity index (χ1) is 9.24. The maximum atomic E-state index is 5.94. The average molecular weight is 271 g/mol. The van der Waals surface area contributed by atoms with E-state index in [0.29, 0.717) is 16.5 Å². The lowest BCUT2D eigenvalue weighted by molar-refractivity contribution is 0.488. The van der Waals surface area contributed by atoms with Gasteiger partial charge in [-0.1, -0.05) is 17.7 Å². The number of anilines is 1.